The van der Waals surface area contributed by atoms with Crippen molar-refractivity contribution < 1.29 is 14.4 Å². The van der Waals surface area contributed by atoms with Gasteiger partial charge in [-0.25, -0.2) is 0 Å². The Morgan fingerprint density at radius 2 is 1.68 bits per heavy atom. The lowest BCUT2D eigenvalue weighted by Crippen LogP contribution is -2.48. The molecule has 0 aliphatic carbocycles. The van der Waals surface area contributed by atoms with Crippen molar-refractivity contribution >= 4 is 58.4 Å². The molecule has 3 amide bonds. The van der Waals surface area contributed by atoms with Crippen molar-refractivity contribution in [1.82, 2.24) is 16.2 Å². The van der Waals surface area contributed by atoms with Crippen molar-refractivity contribution in [3.05, 3.63) is 70.8 Å². The Bertz CT molecular complexity index is 960. The van der Waals surface area contributed by atoms with Crippen LogP contribution in [0.2, 0.25) is 5.02 Å². The van der Waals surface area contributed by atoms with Crippen LogP contribution in [0.25, 0.3) is 6.08 Å². The molecule has 0 spiro atoms. The van der Waals surface area contributed by atoms with Gasteiger partial charge in [-0.05, 0) is 66.7 Å². The van der Waals surface area contributed by atoms with Crippen molar-refractivity contribution in [3.63, 3.8) is 0 Å². The zero-order chi connectivity index (χ0) is 22.6. The average molecular weight is 459 g/mol. The van der Waals surface area contributed by atoms with Crippen molar-refractivity contribution in [2.24, 2.45) is 0 Å². The fraction of sp³-hybridized carbons (Fsp3) is 0.182. The monoisotopic (exact) mass is 458 g/mol. The Hall–Kier alpha value is -3.23. The third kappa shape index (κ3) is 8.98. The molecule has 0 aliphatic rings. The quantitative estimate of drug-likeness (QED) is 0.287. The maximum atomic E-state index is 12.2. The van der Waals surface area contributed by atoms with Crippen molar-refractivity contribution in [1.29, 1.82) is 0 Å². The van der Waals surface area contributed by atoms with Gasteiger partial charge in [-0.15, -0.1) is 0 Å². The number of unbranched alkanes of at least 4 members (excludes halogenated alkanes) is 1. The molecule has 0 bridgehead atoms. The smallest absolute Gasteiger partial charge is 0.269 e. The van der Waals surface area contributed by atoms with E-state index < -0.39 is 11.8 Å². The first-order valence-electron chi connectivity index (χ1n) is 9.62. The maximum Gasteiger partial charge on any atom is 0.269 e. The summed E-state index contributed by atoms with van der Waals surface area (Å²) in [5.41, 5.74) is 6.64. The van der Waals surface area contributed by atoms with E-state index in [0.29, 0.717) is 22.7 Å². The Balaban J connectivity index is 1.76. The molecular formula is C22H23ClN4O3S. The summed E-state index contributed by atoms with van der Waals surface area (Å²) >= 11 is 10.8. The van der Waals surface area contributed by atoms with E-state index in [1.165, 1.54) is 6.08 Å². The van der Waals surface area contributed by atoms with Crippen LogP contribution in [0.5, 0.6) is 0 Å². The van der Waals surface area contributed by atoms with Gasteiger partial charge in [0.05, 0.1) is 0 Å². The Morgan fingerprint density at radius 3 is 2.32 bits per heavy atom. The molecule has 0 atom stereocenters. The first-order chi connectivity index (χ1) is 14.9. The number of rotatable bonds is 7. The predicted molar refractivity (Wildman–Crippen MR) is 126 cm³/mol. The van der Waals surface area contributed by atoms with Crippen LogP contribution >= 0.6 is 23.8 Å². The van der Waals surface area contributed by atoms with E-state index in [-0.39, 0.29) is 11.0 Å². The second kappa shape index (κ2) is 12.5. The van der Waals surface area contributed by atoms with Crippen LogP contribution in [0.4, 0.5) is 5.69 Å². The molecule has 0 aliphatic heterocycles. The number of hydrogen-bond acceptors (Lipinski definition) is 4. The summed E-state index contributed by atoms with van der Waals surface area (Å²) < 4.78 is 0. The molecule has 31 heavy (non-hydrogen) atoms. The minimum absolute atomic E-state index is 0.0566. The number of hydrogen-bond donors (Lipinski definition) is 4. The number of thiocarbonyl (C=S) groups is 1. The van der Waals surface area contributed by atoms with Gasteiger partial charge in [0, 0.05) is 28.8 Å². The number of hydrazine groups is 1. The minimum Gasteiger partial charge on any atom is -0.326 e. The van der Waals surface area contributed by atoms with E-state index in [0.717, 1.165) is 18.4 Å². The molecule has 162 valence electrons. The van der Waals surface area contributed by atoms with Crippen LogP contribution in [0, 0.1) is 0 Å². The molecule has 4 N–H and O–H groups in total. The standard InChI is InChI=1S/C22H23ClN4O3S/c1-2-3-4-19(28)24-18-12-8-16(9-13-18)21(30)26-27-22(31)25-20(29)14-7-15-5-10-17(23)11-6-15/h5-14H,2-4H2,1H3,(H,24,28)(H,26,30)(H2,25,27,29,31)/b14-7+. The molecule has 0 fully saturated rings. The van der Waals surface area contributed by atoms with Crippen LogP contribution in [0.1, 0.15) is 42.1 Å². The highest BCUT2D eigenvalue weighted by Gasteiger charge is 2.08. The second-order valence-electron chi connectivity index (χ2n) is 6.51. The van der Waals surface area contributed by atoms with E-state index in [2.05, 4.69) is 21.5 Å². The molecule has 7 nitrogen and oxygen atoms in total. The topological polar surface area (TPSA) is 99.3 Å². The van der Waals surface area contributed by atoms with E-state index in [9.17, 15) is 14.4 Å². The number of halogens is 1. The molecular weight excluding hydrogens is 436 g/mol. The lowest BCUT2D eigenvalue weighted by atomic mass is 10.2. The van der Waals surface area contributed by atoms with E-state index >= 15 is 0 Å². The lowest BCUT2D eigenvalue weighted by Gasteiger charge is -2.10. The molecule has 0 heterocycles. The highest BCUT2D eigenvalue weighted by Crippen LogP contribution is 2.11. The SMILES string of the molecule is CCCCC(=O)Nc1ccc(C(=O)NNC(=S)NC(=O)/C=C/c2ccc(Cl)cc2)cc1. The normalized spacial score (nSPS) is 10.4. The average Bonchev–Trinajstić information content (AvgIpc) is 2.76. The fourth-order valence-corrected chi connectivity index (χ4v) is 2.66. The summed E-state index contributed by atoms with van der Waals surface area (Å²) in [5, 5.41) is 5.74. The summed E-state index contributed by atoms with van der Waals surface area (Å²) in [4.78, 5) is 35.8. The van der Waals surface area contributed by atoms with Crippen molar-refractivity contribution in [3.8, 4) is 0 Å². The van der Waals surface area contributed by atoms with Crippen LogP contribution in [-0.2, 0) is 9.59 Å². The largest absolute Gasteiger partial charge is 0.326 e. The second-order valence-corrected chi connectivity index (χ2v) is 7.36. The molecule has 2 rings (SSSR count). The molecule has 0 saturated heterocycles. The number of anilines is 1. The molecule has 9 heteroatoms. The van der Waals surface area contributed by atoms with Crippen molar-refractivity contribution in [2.45, 2.75) is 26.2 Å². The van der Waals surface area contributed by atoms with Gasteiger partial charge in [-0.1, -0.05) is 37.1 Å². The number of nitrogens with one attached hydrogen (secondary N) is 4. The van der Waals surface area contributed by atoms with Crippen LogP contribution in [0.15, 0.2) is 54.6 Å². The molecule has 0 radical (unpaired) electrons. The van der Waals surface area contributed by atoms with Crippen LogP contribution < -0.4 is 21.5 Å². The highest BCUT2D eigenvalue weighted by atomic mass is 35.5. The Labute approximate surface area is 191 Å². The summed E-state index contributed by atoms with van der Waals surface area (Å²) in [5.74, 6) is -0.964. The number of benzene rings is 2. The predicted octanol–water partition coefficient (Wildman–Crippen LogP) is 3.82. The first-order valence-corrected chi connectivity index (χ1v) is 10.4. The van der Waals surface area contributed by atoms with Gasteiger partial charge >= 0.3 is 0 Å². The third-order valence-electron chi connectivity index (χ3n) is 4.01. The number of carbonyl (C=O) groups is 3. The van der Waals surface area contributed by atoms with Crippen LogP contribution in [0.3, 0.4) is 0 Å². The van der Waals surface area contributed by atoms with Gasteiger partial charge in [0.2, 0.25) is 11.8 Å². The molecule has 0 saturated carbocycles. The van der Waals surface area contributed by atoms with Gasteiger partial charge in [-0.3, -0.25) is 30.6 Å². The first kappa shape index (κ1) is 24.0. The maximum absolute atomic E-state index is 12.2. The molecule has 0 unspecified atom stereocenters. The van der Waals surface area contributed by atoms with Gasteiger partial charge in [0.15, 0.2) is 5.11 Å². The highest BCUT2D eigenvalue weighted by molar-refractivity contribution is 7.80. The summed E-state index contributed by atoms with van der Waals surface area (Å²) in [6.45, 7) is 2.02. The third-order valence-corrected chi connectivity index (χ3v) is 4.47. The van der Waals surface area contributed by atoms with Gasteiger partial charge in [0.1, 0.15) is 0 Å². The summed E-state index contributed by atoms with van der Waals surface area (Å²) in [6.07, 6.45) is 5.15. The molecule has 2 aromatic carbocycles. The summed E-state index contributed by atoms with van der Waals surface area (Å²) in [6, 6.07) is 13.4. The van der Waals surface area contributed by atoms with Crippen LogP contribution in [-0.4, -0.2) is 22.8 Å². The number of carbonyl (C=O) groups excluding carboxylic acids is 3. The van der Waals surface area contributed by atoms with Gasteiger partial charge < -0.3 is 5.32 Å². The molecule has 2 aromatic rings. The van der Waals surface area contributed by atoms with E-state index in [4.69, 9.17) is 23.8 Å². The van der Waals surface area contributed by atoms with Crippen molar-refractivity contribution in [2.75, 3.05) is 5.32 Å². The zero-order valence-electron chi connectivity index (χ0n) is 16.9. The molecule has 0 aromatic heterocycles. The lowest BCUT2D eigenvalue weighted by molar-refractivity contribution is -0.116. The summed E-state index contributed by atoms with van der Waals surface area (Å²) in [7, 11) is 0. The van der Waals surface area contributed by atoms with E-state index in [1.807, 2.05) is 6.92 Å². The minimum atomic E-state index is -0.454. The zero-order valence-corrected chi connectivity index (χ0v) is 18.5. The van der Waals surface area contributed by atoms with E-state index in [1.54, 1.807) is 54.6 Å². The Morgan fingerprint density at radius 1 is 1.00 bits per heavy atom. The van der Waals surface area contributed by atoms with Gasteiger partial charge in [0.25, 0.3) is 5.91 Å². The fourth-order valence-electron chi connectivity index (χ4n) is 2.38. The number of amides is 3. The van der Waals surface area contributed by atoms with Gasteiger partial charge in [-0.2, -0.15) is 0 Å². The Kier molecular flexibility index (Phi) is 9.67.